The lowest BCUT2D eigenvalue weighted by molar-refractivity contribution is -0.140. The van der Waals surface area contributed by atoms with Crippen LogP contribution in [0.5, 0.6) is 0 Å². The van der Waals surface area contributed by atoms with E-state index < -0.39 is 6.10 Å². The zero-order valence-electron chi connectivity index (χ0n) is 14.4. The molecule has 6 heteroatoms. The minimum Gasteiger partial charge on any atom is -0.390 e. The summed E-state index contributed by atoms with van der Waals surface area (Å²) in [5.74, 6) is 0.0862. The first-order valence-electron chi connectivity index (χ1n) is 9.11. The summed E-state index contributed by atoms with van der Waals surface area (Å²) in [5, 5.41) is 10.8. The van der Waals surface area contributed by atoms with Crippen LogP contribution < -0.4 is 5.73 Å². The lowest BCUT2D eigenvalue weighted by atomic mass is 9.72. The number of aliphatic hydroxyl groups excluding tert-OH is 1. The van der Waals surface area contributed by atoms with Gasteiger partial charge in [-0.2, -0.15) is 0 Å². The van der Waals surface area contributed by atoms with Crippen molar-refractivity contribution in [3.8, 4) is 0 Å². The summed E-state index contributed by atoms with van der Waals surface area (Å²) < 4.78 is 0. The molecule has 1 aliphatic carbocycles. The SMILES string of the molecule is N[C@@H]1c2ccccc2C2(CCN(C(=O)CN3CCCC3=O)CC2)[C@H]1O. The Hall–Kier alpha value is -1.92. The molecule has 2 heterocycles. The number of fused-ring (bicyclic) bond motifs is 2. The van der Waals surface area contributed by atoms with E-state index in [1.165, 1.54) is 0 Å². The van der Waals surface area contributed by atoms with Gasteiger partial charge in [0.15, 0.2) is 0 Å². The second-order valence-electron chi connectivity index (χ2n) is 7.51. The van der Waals surface area contributed by atoms with E-state index in [0.717, 1.165) is 17.5 Å². The highest BCUT2D eigenvalue weighted by Crippen LogP contribution is 2.49. The number of rotatable bonds is 2. The van der Waals surface area contributed by atoms with Gasteiger partial charge in [0.05, 0.1) is 18.7 Å². The highest BCUT2D eigenvalue weighted by molar-refractivity contribution is 5.86. The zero-order valence-corrected chi connectivity index (χ0v) is 14.4. The second-order valence-corrected chi connectivity index (χ2v) is 7.51. The second kappa shape index (κ2) is 6.11. The van der Waals surface area contributed by atoms with Gasteiger partial charge in [0.1, 0.15) is 0 Å². The first-order valence-corrected chi connectivity index (χ1v) is 9.11. The Morgan fingerprint density at radius 2 is 1.96 bits per heavy atom. The zero-order chi connectivity index (χ0) is 17.6. The van der Waals surface area contributed by atoms with E-state index in [4.69, 9.17) is 5.73 Å². The standard InChI is InChI=1S/C19H25N3O3/c20-17-13-4-1-2-5-14(13)19(18(17)25)7-10-21(11-8-19)16(24)12-22-9-3-6-15(22)23/h1-2,4-5,17-18,25H,3,6-12,20H2/t17-,18+/m1/s1. The number of amides is 2. The van der Waals surface area contributed by atoms with Gasteiger partial charge in [-0.1, -0.05) is 24.3 Å². The Kier molecular flexibility index (Phi) is 4.04. The number of nitrogens with two attached hydrogens (primary N) is 1. The van der Waals surface area contributed by atoms with Gasteiger partial charge in [-0.15, -0.1) is 0 Å². The average molecular weight is 343 g/mol. The van der Waals surface area contributed by atoms with Crippen LogP contribution in [0.4, 0.5) is 0 Å². The monoisotopic (exact) mass is 343 g/mol. The molecule has 4 rings (SSSR count). The van der Waals surface area contributed by atoms with E-state index >= 15 is 0 Å². The molecule has 2 atom stereocenters. The maximum Gasteiger partial charge on any atom is 0.242 e. The van der Waals surface area contributed by atoms with Crippen molar-refractivity contribution in [3.63, 3.8) is 0 Å². The van der Waals surface area contributed by atoms with E-state index in [1.807, 2.05) is 23.1 Å². The lowest BCUT2D eigenvalue weighted by Gasteiger charge is -2.42. The topological polar surface area (TPSA) is 86.9 Å². The first kappa shape index (κ1) is 16.5. The third-order valence-electron chi connectivity index (χ3n) is 6.27. The van der Waals surface area contributed by atoms with Gasteiger partial charge in [0.25, 0.3) is 0 Å². The van der Waals surface area contributed by atoms with Gasteiger partial charge in [0.2, 0.25) is 11.8 Å². The number of piperidine rings is 1. The predicted octanol–water partition coefficient (Wildman–Crippen LogP) is 0.544. The van der Waals surface area contributed by atoms with Crippen molar-refractivity contribution in [2.45, 2.75) is 43.2 Å². The molecule has 2 saturated heterocycles. The Bertz CT molecular complexity index is 697. The summed E-state index contributed by atoms with van der Waals surface area (Å²) in [6.07, 6.45) is 2.20. The van der Waals surface area contributed by atoms with Crippen molar-refractivity contribution >= 4 is 11.8 Å². The summed E-state index contributed by atoms with van der Waals surface area (Å²) in [4.78, 5) is 27.7. The van der Waals surface area contributed by atoms with Crippen molar-refractivity contribution in [2.24, 2.45) is 5.73 Å². The highest BCUT2D eigenvalue weighted by Gasteiger charge is 2.51. The number of carbonyl (C=O) groups is 2. The summed E-state index contributed by atoms with van der Waals surface area (Å²) in [5.41, 5.74) is 8.05. The fourth-order valence-electron chi connectivity index (χ4n) is 4.77. The van der Waals surface area contributed by atoms with Gasteiger partial charge in [-0.3, -0.25) is 9.59 Å². The molecule has 1 aromatic carbocycles. The molecule has 3 N–H and O–H groups in total. The minimum absolute atomic E-state index is 0.00942. The van der Waals surface area contributed by atoms with Gasteiger partial charge >= 0.3 is 0 Å². The van der Waals surface area contributed by atoms with Gasteiger partial charge in [-0.05, 0) is 30.4 Å². The number of benzene rings is 1. The summed E-state index contributed by atoms with van der Waals surface area (Å²) in [7, 11) is 0. The maximum atomic E-state index is 12.5. The van der Waals surface area contributed by atoms with Crippen molar-refractivity contribution in [1.82, 2.24) is 9.80 Å². The smallest absolute Gasteiger partial charge is 0.242 e. The van der Waals surface area contributed by atoms with Crippen LogP contribution in [0.1, 0.15) is 42.9 Å². The van der Waals surface area contributed by atoms with E-state index in [2.05, 4.69) is 6.07 Å². The highest BCUT2D eigenvalue weighted by atomic mass is 16.3. The molecule has 0 saturated carbocycles. The van der Waals surface area contributed by atoms with Crippen LogP contribution in [0, 0.1) is 0 Å². The van der Waals surface area contributed by atoms with Crippen LogP contribution in [0.2, 0.25) is 0 Å². The molecule has 0 unspecified atom stereocenters. The quantitative estimate of drug-likeness (QED) is 0.821. The molecule has 1 aromatic rings. The Morgan fingerprint density at radius 1 is 1.24 bits per heavy atom. The van der Waals surface area contributed by atoms with Crippen LogP contribution in [-0.2, 0) is 15.0 Å². The number of carbonyl (C=O) groups excluding carboxylic acids is 2. The van der Waals surface area contributed by atoms with Crippen LogP contribution in [0.25, 0.3) is 0 Å². The number of hydrogen-bond acceptors (Lipinski definition) is 4. The predicted molar refractivity (Wildman–Crippen MR) is 92.7 cm³/mol. The molecule has 3 aliphatic rings. The summed E-state index contributed by atoms with van der Waals surface area (Å²) >= 11 is 0. The van der Waals surface area contributed by atoms with Crippen molar-refractivity contribution in [1.29, 1.82) is 0 Å². The summed E-state index contributed by atoms with van der Waals surface area (Å²) in [6.45, 7) is 2.06. The number of likely N-dealkylation sites (tertiary alicyclic amines) is 2. The van der Waals surface area contributed by atoms with Crippen LogP contribution in [-0.4, -0.2) is 59.0 Å². The third kappa shape index (κ3) is 2.55. The lowest BCUT2D eigenvalue weighted by Crippen LogP contribution is -2.52. The first-order chi connectivity index (χ1) is 12.0. The number of nitrogens with zero attached hydrogens (tertiary/aromatic N) is 2. The Morgan fingerprint density at radius 3 is 2.64 bits per heavy atom. The fraction of sp³-hybridized carbons (Fsp3) is 0.579. The normalized spacial score (nSPS) is 27.8. The van der Waals surface area contributed by atoms with Crippen LogP contribution in [0.3, 0.4) is 0 Å². The number of hydrogen-bond donors (Lipinski definition) is 2. The molecule has 0 aromatic heterocycles. The van der Waals surface area contributed by atoms with Crippen LogP contribution in [0.15, 0.2) is 24.3 Å². The van der Waals surface area contributed by atoms with Crippen LogP contribution >= 0.6 is 0 Å². The van der Waals surface area contributed by atoms with Gasteiger partial charge in [-0.25, -0.2) is 0 Å². The number of aliphatic hydroxyl groups is 1. The molecular weight excluding hydrogens is 318 g/mol. The van der Waals surface area contributed by atoms with E-state index in [0.29, 0.717) is 38.9 Å². The van der Waals surface area contributed by atoms with Crippen molar-refractivity contribution in [2.75, 3.05) is 26.2 Å². The molecule has 6 nitrogen and oxygen atoms in total. The van der Waals surface area contributed by atoms with Gasteiger partial charge in [0, 0.05) is 31.5 Å². The van der Waals surface area contributed by atoms with Gasteiger partial charge < -0.3 is 20.6 Å². The van der Waals surface area contributed by atoms with Crippen molar-refractivity contribution < 1.29 is 14.7 Å². The fourth-order valence-corrected chi connectivity index (χ4v) is 4.77. The molecule has 0 radical (unpaired) electrons. The molecule has 2 amide bonds. The molecule has 2 aliphatic heterocycles. The van der Waals surface area contributed by atoms with E-state index in [-0.39, 0.29) is 29.8 Å². The molecule has 2 fully saturated rings. The molecular formula is C19H25N3O3. The Labute approximate surface area is 147 Å². The largest absolute Gasteiger partial charge is 0.390 e. The maximum absolute atomic E-state index is 12.5. The molecule has 25 heavy (non-hydrogen) atoms. The summed E-state index contributed by atoms with van der Waals surface area (Å²) in [6, 6.07) is 7.64. The van der Waals surface area contributed by atoms with Crippen molar-refractivity contribution in [3.05, 3.63) is 35.4 Å². The van der Waals surface area contributed by atoms with E-state index in [1.54, 1.807) is 4.90 Å². The Balaban J connectivity index is 1.46. The molecule has 0 bridgehead atoms. The minimum atomic E-state index is -0.609. The molecule has 1 spiro atoms. The van der Waals surface area contributed by atoms with E-state index in [9.17, 15) is 14.7 Å². The average Bonchev–Trinajstić information content (AvgIpc) is 3.12. The molecule has 134 valence electrons. The third-order valence-corrected chi connectivity index (χ3v) is 6.27.